The third-order valence-electron chi connectivity index (χ3n) is 3.41. The number of hydrogen-bond donors (Lipinski definition) is 1. The van der Waals surface area contributed by atoms with Crippen LogP contribution in [0.3, 0.4) is 0 Å². The van der Waals surface area contributed by atoms with Crippen molar-refractivity contribution in [3.05, 3.63) is 60.2 Å². The maximum atomic E-state index is 12.1. The van der Waals surface area contributed by atoms with E-state index in [2.05, 4.69) is 0 Å². The Morgan fingerprint density at radius 3 is 2.19 bits per heavy atom. The third-order valence-corrected chi connectivity index (χ3v) is 3.41. The quantitative estimate of drug-likeness (QED) is 0.678. The van der Waals surface area contributed by atoms with Crippen molar-refractivity contribution in [2.24, 2.45) is 5.73 Å². The molecule has 0 amide bonds. The highest BCUT2D eigenvalue weighted by molar-refractivity contribution is 5.79. The van der Waals surface area contributed by atoms with Crippen LogP contribution in [-0.2, 0) is 4.79 Å². The number of hydrogen-bond acceptors (Lipinski definition) is 4. The molecule has 0 saturated carbocycles. The lowest BCUT2D eigenvalue weighted by atomic mass is 9.94. The monoisotopic (exact) mass is 285 g/mol. The van der Waals surface area contributed by atoms with Crippen molar-refractivity contribution in [1.29, 1.82) is 0 Å². The van der Waals surface area contributed by atoms with Crippen LogP contribution in [0, 0.1) is 0 Å². The fourth-order valence-corrected chi connectivity index (χ4v) is 1.99. The number of ether oxygens (including phenoxy) is 2. The SMILES string of the molecule is COc1ccc(C(C)C(N)C(=O)Oc2ccccc2)cc1. The van der Waals surface area contributed by atoms with Gasteiger partial charge in [-0.3, -0.25) is 0 Å². The molecule has 0 bridgehead atoms. The normalized spacial score (nSPS) is 13.3. The summed E-state index contributed by atoms with van der Waals surface area (Å²) < 4.78 is 10.4. The summed E-state index contributed by atoms with van der Waals surface area (Å²) in [6, 6.07) is 15.7. The van der Waals surface area contributed by atoms with E-state index in [1.807, 2.05) is 37.3 Å². The first kappa shape index (κ1) is 15.1. The lowest BCUT2D eigenvalue weighted by Gasteiger charge is -2.19. The van der Waals surface area contributed by atoms with Gasteiger partial charge in [-0.1, -0.05) is 37.3 Å². The first-order chi connectivity index (χ1) is 10.1. The molecule has 2 aromatic carbocycles. The standard InChI is InChI=1S/C17H19NO3/c1-12(13-8-10-14(20-2)11-9-13)16(18)17(19)21-15-6-4-3-5-7-15/h3-12,16H,18H2,1-2H3. The van der Waals surface area contributed by atoms with Gasteiger partial charge in [-0.05, 0) is 29.8 Å². The van der Waals surface area contributed by atoms with Crippen LogP contribution in [0.5, 0.6) is 11.5 Å². The van der Waals surface area contributed by atoms with Gasteiger partial charge in [0.25, 0.3) is 0 Å². The van der Waals surface area contributed by atoms with Gasteiger partial charge in [0.15, 0.2) is 0 Å². The zero-order valence-corrected chi connectivity index (χ0v) is 12.2. The van der Waals surface area contributed by atoms with Crippen LogP contribution in [0.25, 0.3) is 0 Å². The number of rotatable bonds is 5. The Labute approximate surface area is 124 Å². The van der Waals surface area contributed by atoms with Gasteiger partial charge in [0.1, 0.15) is 17.5 Å². The molecule has 0 saturated heterocycles. The summed E-state index contributed by atoms with van der Waals surface area (Å²) in [5, 5.41) is 0. The minimum absolute atomic E-state index is 0.146. The largest absolute Gasteiger partial charge is 0.497 e. The van der Waals surface area contributed by atoms with E-state index in [4.69, 9.17) is 15.2 Å². The smallest absolute Gasteiger partial charge is 0.328 e. The summed E-state index contributed by atoms with van der Waals surface area (Å²) in [6.07, 6.45) is 0. The Balaban J connectivity index is 2.03. The number of benzene rings is 2. The second-order valence-corrected chi connectivity index (χ2v) is 4.82. The van der Waals surface area contributed by atoms with Gasteiger partial charge in [-0.2, -0.15) is 0 Å². The highest BCUT2D eigenvalue weighted by Gasteiger charge is 2.24. The van der Waals surface area contributed by atoms with Crippen LogP contribution in [0.15, 0.2) is 54.6 Å². The van der Waals surface area contributed by atoms with E-state index in [1.54, 1.807) is 31.4 Å². The third kappa shape index (κ3) is 3.83. The van der Waals surface area contributed by atoms with Gasteiger partial charge in [-0.25, -0.2) is 4.79 Å². The highest BCUT2D eigenvalue weighted by Crippen LogP contribution is 2.22. The molecule has 4 heteroatoms. The molecule has 0 heterocycles. The van der Waals surface area contributed by atoms with Crippen LogP contribution >= 0.6 is 0 Å². The van der Waals surface area contributed by atoms with Gasteiger partial charge in [0, 0.05) is 5.92 Å². The van der Waals surface area contributed by atoms with Gasteiger partial charge in [0.2, 0.25) is 0 Å². The number of para-hydroxylation sites is 1. The molecule has 0 aliphatic heterocycles. The van der Waals surface area contributed by atoms with E-state index in [0.29, 0.717) is 5.75 Å². The molecule has 2 N–H and O–H groups in total. The van der Waals surface area contributed by atoms with Gasteiger partial charge < -0.3 is 15.2 Å². The van der Waals surface area contributed by atoms with Crippen LogP contribution in [0.1, 0.15) is 18.4 Å². The lowest BCUT2D eigenvalue weighted by molar-refractivity contribution is -0.136. The van der Waals surface area contributed by atoms with E-state index in [0.717, 1.165) is 11.3 Å². The molecule has 0 spiro atoms. The van der Waals surface area contributed by atoms with Crippen molar-refractivity contribution in [2.75, 3.05) is 7.11 Å². The van der Waals surface area contributed by atoms with E-state index < -0.39 is 12.0 Å². The number of esters is 1. The summed E-state index contributed by atoms with van der Waals surface area (Å²) in [4.78, 5) is 12.1. The number of carbonyl (C=O) groups excluding carboxylic acids is 1. The molecule has 0 radical (unpaired) electrons. The van der Waals surface area contributed by atoms with E-state index in [-0.39, 0.29) is 5.92 Å². The second-order valence-electron chi connectivity index (χ2n) is 4.82. The number of nitrogens with two attached hydrogens (primary N) is 1. The first-order valence-corrected chi connectivity index (χ1v) is 6.78. The maximum Gasteiger partial charge on any atom is 0.328 e. The summed E-state index contributed by atoms with van der Waals surface area (Å²) in [5.74, 6) is 0.683. The fraction of sp³-hybridized carbons (Fsp3) is 0.235. The van der Waals surface area contributed by atoms with Crippen molar-refractivity contribution in [3.8, 4) is 11.5 Å². The Bertz CT molecular complexity index is 581. The van der Waals surface area contributed by atoms with Crippen LogP contribution in [0.2, 0.25) is 0 Å². The van der Waals surface area contributed by atoms with Crippen molar-refractivity contribution in [3.63, 3.8) is 0 Å². The summed E-state index contributed by atoms with van der Waals surface area (Å²) in [6.45, 7) is 1.90. The molecular formula is C17H19NO3. The minimum Gasteiger partial charge on any atom is -0.497 e. The van der Waals surface area contributed by atoms with E-state index in [9.17, 15) is 4.79 Å². The highest BCUT2D eigenvalue weighted by atomic mass is 16.5. The maximum absolute atomic E-state index is 12.1. The number of methoxy groups -OCH3 is 1. The molecule has 110 valence electrons. The summed E-state index contributed by atoms with van der Waals surface area (Å²) in [5.41, 5.74) is 6.97. The molecule has 0 aliphatic rings. The summed E-state index contributed by atoms with van der Waals surface area (Å²) in [7, 11) is 1.61. The zero-order valence-electron chi connectivity index (χ0n) is 12.2. The van der Waals surface area contributed by atoms with Crippen molar-refractivity contribution >= 4 is 5.97 Å². The summed E-state index contributed by atoms with van der Waals surface area (Å²) >= 11 is 0. The van der Waals surface area contributed by atoms with Crippen LogP contribution in [-0.4, -0.2) is 19.1 Å². The van der Waals surface area contributed by atoms with Crippen LogP contribution < -0.4 is 15.2 Å². The molecule has 0 fully saturated rings. The first-order valence-electron chi connectivity index (χ1n) is 6.78. The molecule has 0 aromatic heterocycles. The topological polar surface area (TPSA) is 61.5 Å². The molecule has 21 heavy (non-hydrogen) atoms. The Kier molecular flexibility index (Phi) is 4.95. The average Bonchev–Trinajstić information content (AvgIpc) is 2.54. The Morgan fingerprint density at radius 1 is 1.00 bits per heavy atom. The molecule has 2 atom stereocenters. The van der Waals surface area contributed by atoms with Gasteiger partial charge in [0.05, 0.1) is 7.11 Å². The molecule has 2 rings (SSSR count). The predicted octanol–water partition coefficient (Wildman–Crippen LogP) is 2.73. The Hall–Kier alpha value is -2.33. The van der Waals surface area contributed by atoms with Crippen molar-refractivity contribution < 1.29 is 14.3 Å². The Morgan fingerprint density at radius 2 is 1.62 bits per heavy atom. The average molecular weight is 285 g/mol. The zero-order chi connectivity index (χ0) is 15.2. The molecular weight excluding hydrogens is 266 g/mol. The van der Waals surface area contributed by atoms with Crippen LogP contribution in [0.4, 0.5) is 0 Å². The number of carbonyl (C=O) groups is 1. The molecule has 2 unspecified atom stereocenters. The molecule has 4 nitrogen and oxygen atoms in total. The second kappa shape index (κ2) is 6.90. The molecule has 0 aliphatic carbocycles. The van der Waals surface area contributed by atoms with E-state index >= 15 is 0 Å². The van der Waals surface area contributed by atoms with Gasteiger partial charge >= 0.3 is 5.97 Å². The lowest BCUT2D eigenvalue weighted by Crippen LogP contribution is -2.38. The molecule has 2 aromatic rings. The predicted molar refractivity (Wildman–Crippen MR) is 81.5 cm³/mol. The van der Waals surface area contributed by atoms with Crippen molar-refractivity contribution in [2.45, 2.75) is 18.9 Å². The fourth-order valence-electron chi connectivity index (χ4n) is 1.99. The van der Waals surface area contributed by atoms with Crippen molar-refractivity contribution in [1.82, 2.24) is 0 Å². The van der Waals surface area contributed by atoms with Gasteiger partial charge in [-0.15, -0.1) is 0 Å². The minimum atomic E-state index is -0.724. The van der Waals surface area contributed by atoms with E-state index in [1.165, 1.54) is 0 Å².